The molecule has 1 atom stereocenters. The predicted molar refractivity (Wildman–Crippen MR) is 101 cm³/mol. The van der Waals surface area contributed by atoms with E-state index in [4.69, 9.17) is 14.5 Å². The number of nitrogens with zero attached hydrogens (tertiary/aromatic N) is 5. The van der Waals surface area contributed by atoms with Crippen LogP contribution >= 0.6 is 0 Å². The number of methoxy groups -OCH3 is 1. The van der Waals surface area contributed by atoms with E-state index in [1.807, 2.05) is 29.6 Å². The zero-order valence-corrected chi connectivity index (χ0v) is 15.5. The minimum Gasteiger partial charge on any atom is -0.384 e. The Morgan fingerprint density at radius 2 is 2.07 bits per heavy atom. The van der Waals surface area contributed by atoms with Gasteiger partial charge in [-0.2, -0.15) is 5.10 Å². The number of pyridine rings is 1. The van der Waals surface area contributed by atoms with Crippen molar-refractivity contribution in [3.8, 4) is 11.3 Å². The summed E-state index contributed by atoms with van der Waals surface area (Å²) in [5, 5.41) is 14.5. The molecule has 0 saturated carbocycles. The van der Waals surface area contributed by atoms with Crippen LogP contribution in [0.1, 0.15) is 17.5 Å². The molecule has 4 rings (SSSR count). The van der Waals surface area contributed by atoms with E-state index >= 15 is 0 Å². The van der Waals surface area contributed by atoms with Crippen molar-refractivity contribution in [1.82, 2.24) is 19.6 Å². The largest absolute Gasteiger partial charge is 0.384 e. The Bertz CT molecular complexity index is 919. The number of anilines is 1. The highest BCUT2D eigenvalue weighted by Crippen LogP contribution is 2.29. The smallest absolute Gasteiger partial charge is 0.178 e. The highest BCUT2D eigenvalue weighted by Gasteiger charge is 2.20. The van der Waals surface area contributed by atoms with Crippen LogP contribution in [0.15, 0.2) is 30.6 Å². The molecule has 0 spiro atoms. The summed E-state index contributed by atoms with van der Waals surface area (Å²) in [6.45, 7) is 5.31. The third-order valence-corrected chi connectivity index (χ3v) is 4.75. The van der Waals surface area contributed by atoms with Crippen LogP contribution < -0.4 is 4.90 Å². The van der Waals surface area contributed by atoms with Crippen LogP contribution in [0.3, 0.4) is 0 Å². The molecule has 0 aromatic carbocycles. The highest BCUT2D eigenvalue weighted by molar-refractivity contribution is 5.75. The van der Waals surface area contributed by atoms with Crippen LogP contribution in [0.5, 0.6) is 0 Å². The molecule has 0 radical (unpaired) electrons. The molecule has 8 nitrogen and oxygen atoms in total. The molecule has 1 saturated heterocycles. The number of aliphatic hydroxyl groups excluding tert-OH is 1. The average molecular weight is 369 g/mol. The molecular weight excluding hydrogens is 346 g/mol. The number of aryl methyl sites for hydroxylation is 1. The van der Waals surface area contributed by atoms with Crippen molar-refractivity contribution in [2.75, 3.05) is 44.9 Å². The van der Waals surface area contributed by atoms with Crippen molar-refractivity contribution in [2.45, 2.75) is 13.0 Å². The molecule has 27 heavy (non-hydrogen) atoms. The van der Waals surface area contributed by atoms with Gasteiger partial charge in [0.2, 0.25) is 0 Å². The fourth-order valence-electron chi connectivity index (χ4n) is 3.41. The van der Waals surface area contributed by atoms with E-state index in [1.165, 1.54) is 0 Å². The zero-order valence-electron chi connectivity index (χ0n) is 15.5. The van der Waals surface area contributed by atoms with E-state index in [0.717, 1.165) is 54.6 Å². The Morgan fingerprint density at radius 1 is 1.26 bits per heavy atom. The molecule has 1 unspecified atom stereocenters. The van der Waals surface area contributed by atoms with Crippen molar-refractivity contribution in [1.29, 1.82) is 0 Å². The average Bonchev–Trinajstić information content (AvgIpc) is 3.04. The molecular formula is C19H23N5O3. The number of hydrogen-bond acceptors (Lipinski definition) is 7. The summed E-state index contributed by atoms with van der Waals surface area (Å²) in [6, 6.07) is 5.74. The van der Waals surface area contributed by atoms with E-state index in [2.05, 4.69) is 15.0 Å². The molecule has 1 aliphatic heterocycles. The highest BCUT2D eigenvalue weighted by atomic mass is 16.5. The first-order valence-corrected chi connectivity index (χ1v) is 8.99. The molecule has 1 fully saturated rings. The van der Waals surface area contributed by atoms with Crippen LogP contribution in [0.25, 0.3) is 16.9 Å². The van der Waals surface area contributed by atoms with Gasteiger partial charge >= 0.3 is 0 Å². The van der Waals surface area contributed by atoms with Crippen molar-refractivity contribution in [3.05, 3.63) is 42.0 Å². The lowest BCUT2D eigenvalue weighted by Crippen LogP contribution is -2.36. The lowest BCUT2D eigenvalue weighted by Gasteiger charge is -2.28. The van der Waals surface area contributed by atoms with Crippen molar-refractivity contribution < 1.29 is 14.6 Å². The Labute approximate surface area is 157 Å². The number of morpholine rings is 1. The van der Waals surface area contributed by atoms with Gasteiger partial charge in [-0.25, -0.2) is 9.50 Å². The molecule has 1 N–H and O–H groups in total. The Hall–Kier alpha value is -2.55. The first-order chi connectivity index (χ1) is 13.2. The number of aromatic nitrogens is 4. The van der Waals surface area contributed by atoms with Gasteiger partial charge in [-0.05, 0) is 25.1 Å². The van der Waals surface area contributed by atoms with Gasteiger partial charge in [-0.3, -0.25) is 4.98 Å². The second-order valence-electron chi connectivity index (χ2n) is 6.54. The third kappa shape index (κ3) is 3.39. The van der Waals surface area contributed by atoms with Gasteiger partial charge < -0.3 is 19.5 Å². The summed E-state index contributed by atoms with van der Waals surface area (Å²) < 4.78 is 12.3. The van der Waals surface area contributed by atoms with Crippen molar-refractivity contribution >= 4 is 11.3 Å². The maximum Gasteiger partial charge on any atom is 0.178 e. The van der Waals surface area contributed by atoms with Crippen molar-refractivity contribution in [3.63, 3.8) is 0 Å². The molecule has 3 aromatic heterocycles. The number of fused-ring (bicyclic) bond motifs is 1. The summed E-state index contributed by atoms with van der Waals surface area (Å²) >= 11 is 0. The monoisotopic (exact) mass is 369 g/mol. The molecule has 0 bridgehead atoms. The molecule has 0 aliphatic carbocycles. The van der Waals surface area contributed by atoms with Crippen LogP contribution in [0.2, 0.25) is 0 Å². The van der Waals surface area contributed by atoms with Crippen LogP contribution in [-0.2, 0) is 9.47 Å². The normalized spacial score (nSPS) is 16.0. The maximum atomic E-state index is 10.0. The van der Waals surface area contributed by atoms with Gasteiger partial charge in [0.05, 0.1) is 48.8 Å². The summed E-state index contributed by atoms with van der Waals surface area (Å²) in [5.74, 6) is 0. The van der Waals surface area contributed by atoms with E-state index in [-0.39, 0.29) is 6.61 Å². The lowest BCUT2D eigenvalue weighted by molar-refractivity contribution is 0.0617. The van der Waals surface area contributed by atoms with Crippen molar-refractivity contribution in [2.24, 2.45) is 0 Å². The minimum absolute atomic E-state index is 0.214. The zero-order chi connectivity index (χ0) is 18.8. The quantitative estimate of drug-likeness (QED) is 0.731. The van der Waals surface area contributed by atoms with Crippen LogP contribution in [0.4, 0.5) is 5.69 Å². The maximum absolute atomic E-state index is 10.0. The first-order valence-electron chi connectivity index (χ1n) is 8.99. The summed E-state index contributed by atoms with van der Waals surface area (Å²) in [7, 11) is 1.55. The Kier molecular flexibility index (Phi) is 5.02. The van der Waals surface area contributed by atoms with E-state index < -0.39 is 6.10 Å². The van der Waals surface area contributed by atoms with E-state index in [9.17, 15) is 5.11 Å². The standard InChI is InChI=1S/C19H23N5O3/c1-13-18(14-3-4-15(20-11-14)17(25)12-26-2)24-19(22-13)16(5-6-21-24)23-7-9-27-10-8-23/h3-6,11,17,25H,7-10,12H2,1-2H3. The van der Waals surface area contributed by atoms with Crippen LogP contribution in [0, 0.1) is 6.92 Å². The van der Waals surface area contributed by atoms with Gasteiger partial charge in [0.25, 0.3) is 0 Å². The number of rotatable bonds is 5. The fraction of sp³-hybridized carbons (Fsp3) is 0.421. The SMILES string of the molecule is COCC(O)c1ccc(-c2c(C)nc3c(N4CCOCC4)ccnn23)cn1. The van der Waals surface area contributed by atoms with Gasteiger partial charge in [0.1, 0.15) is 6.10 Å². The molecule has 8 heteroatoms. The second-order valence-corrected chi connectivity index (χ2v) is 6.54. The number of ether oxygens (including phenoxy) is 2. The molecule has 4 heterocycles. The summed E-state index contributed by atoms with van der Waals surface area (Å²) in [6.07, 6.45) is 2.80. The molecule has 142 valence electrons. The second kappa shape index (κ2) is 7.59. The van der Waals surface area contributed by atoms with Gasteiger partial charge in [0, 0.05) is 32.0 Å². The Balaban J connectivity index is 1.73. The van der Waals surface area contributed by atoms with Crippen LogP contribution in [-0.4, -0.2) is 64.7 Å². The predicted octanol–water partition coefficient (Wildman–Crippen LogP) is 1.62. The number of imidazole rings is 1. The number of hydrogen-bond donors (Lipinski definition) is 1. The van der Waals surface area contributed by atoms with Gasteiger partial charge in [0.15, 0.2) is 5.65 Å². The molecule has 0 amide bonds. The van der Waals surface area contributed by atoms with E-state index in [0.29, 0.717) is 5.69 Å². The molecule has 1 aliphatic rings. The topological polar surface area (TPSA) is 85.0 Å². The Morgan fingerprint density at radius 3 is 2.78 bits per heavy atom. The first kappa shape index (κ1) is 17.8. The lowest BCUT2D eigenvalue weighted by atomic mass is 10.1. The van der Waals surface area contributed by atoms with Gasteiger partial charge in [-0.15, -0.1) is 0 Å². The molecule has 3 aromatic rings. The third-order valence-electron chi connectivity index (χ3n) is 4.75. The minimum atomic E-state index is -0.738. The van der Waals surface area contributed by atoms with Gasteiger partial charge in [-0.1, -0.05) is 0 Å². The fourth-order valence-corrected chi connectivity index (χ4v) is 3.41. The van der Waals surface area contributed by atoms with E-state index in [1.54, 1.807) is 19.5 Å². The summed E-state index contributed by atoms with van der Waals surface area (Å²) in [4.78, 5) is 11.4. The summed E-state index contributed by atoms with van der Waals surface area (Å²) in [5.41, 5.74) is 5.16. The number of aliphatic hydroxyl groups is 1.